The Balaban J connectivity index is 2.82. The fourth-order valence-corrected chi connectivity index (χ4v) is 2.10. The summed E-state index contributed by atoms with van der Waals surface area (Å²) in [5, 5.41) is 14.1. The Morgan fingerprint density at radius 3 is 2.16 bits per heavy atom. The monoisotopic (exact) mass is 265 g/mol. The smallest absolute Gasteiger partial charge is 0.118 e. The Morgan fingerprint density at radius 2 is 1.74 bits per heavy atom. The lowest BCUT2D eigenvalue weighted by atomic mass is 9.92. The lowest BCUT2D eigenvalue weighted by molar-refractivity contribution is 0.0985. The van der Waals surface area contributed by atoms with Crippen molar-refractivity contribution in [3.63, 3.8) is 0 Å². The van der Waals surface area contributed by atoms with Crippen molar-refractivity contribution in [2.45, 2.75) is 52.3 Å². The van der Waals surface area contributed by atoms with Crippen LogP contribution in [0, 0.1) is 5.92 Å². The second-order valence-corrected chi connectivity index (χ2v) is 5.46. The van der Waals surface area contributed by atoms with Crippen LogP contribution >= 0.6 is 0 Å². The van der Waals surface area contributed by atoms with Crippen molar-refractivity contribution in [3.8, 4) is 5.75 Å². The zero-order valence-electron chi connectivity index (χ0n) is 12.7. The van der Waals surface area contributed by atoms with E-state index in [1.165, 1.54) is 0 Å². The summed E-state index contributed by atoms with van der Waals surface area (Å²) in [5.41, 5.74) is 0.926. The van der Waals surface area contributed by atoms with Gasteiger partial charge in [0, 0.05) is 12.1 Å². The van der Waals surface area contributed by atoms with E-state index in [-0.39, 0.29) is 6.04 Å². The quantitative estimate of drug-likeness (QED) is 0.796. The van der Waals surface area contributed by atoms with E-state index >= 15 is 0 Å². The third-order valence-electron chi connectivity index (χ3n) is 3.61. The summed E-state index contributed by atoms with van der Waals surface area (Å²) in [6, 6.07) is 8.09. The summed E-state index contributed by atoms with van der Waals surface area (Å²) in [5.74, 6) is 1.18. The van der Waals surface area contributed by atoms with Gasteiger partial charge in [-0.15, -0.1) is 0 Å². The van der Waals surface area contributed by atoms with Gasteiger partial charge in [-0.3, -0.25) is 0 Å². The van der Waals surface area contributed by atoms with Gasteiger partial charge in [-0.1, -0.05) is 32.9 Å². The molecule has 0 bridgehead atoms. The topological polar surface area (TPSA) is 41.5 Å². The standard InChI is InChI=1S/C16H27NO2/c1-6-12(4)17-15(11(2)3)16(18)13-7-9-14(19-5)10-8-13/h7-12,15-18H,6H2,1-5H3. The van der Waals surface area contributed by atoms with Crippen LogP contribution in [-0.2, 0) is 0 Å². The zero-order chi connectivity index (χ0) is 14.4. The lowest BCUT2D eigenvalue weighted by Crippen LogP contribution is -2.43. The minimum atomic E-state index is -0.500. The number of benzene rings is 1. The van der Waals surface area contributed by atoms with Gasteiger partial charge in [0.2, 0.25) is 0 Å². The highest BCUT2D eigenvalue weighted by atomic mass is 16.5. The number of ether oxygens (including phenoxy) is 1. The van der Waals surface area contributed by atoms with Crippen LogP contribution in [0.2, 0.25) is 0 Å². The predicted octanol–water partition coefficient (Wildman–Crippen LogP) is 3.14. The van der Waals surface area contributed by atoms with E-state index < -0.39 is 6.10 Å². The van der Waals surface area contributed by atoms with E-state index in [1.54, 1.807) is 7.11 Å². The highest BCUT2D eigenvalue weighted by Gasteiger charge is 2.24. The molecule has 3 nitrogen and oxygen atoms in total. The Kier molecular flexibility index (Phi) is 6.32. The van der Waals surface area contributed by atoms with Gasteiger partial charge >= 0.3 is 0 Å². The molecule has 0 saturated carbocycles. The first-order valence-electron chi connectivity index (χ1n) is 7.07. The van der Waals surface area contributed by atoms with E-state index in [0.29, 0.717) is 12.0 Å². The Morgan fingerprint density at radius 1 is 1.16 bits per heavy atom. The molecule has 0 fully saturated rings. The summed E-state index contributed by atoms with van der Waals surface area (Å²) in [4.78, 5) is 0. The molecule has 19 heavy (non-hydrogen) atoms. The van der Waals surface area contributed by atoms with Crippen molar-refractivity contribution >= 4 is 0 Å². The van der Waals surface area contributed by atoms with E-state index in [2.05, 4.69) is 33.0 Å². The average molecular weight is 265 g/mol. The molecule has 0 radical (unpaired) electrons. The second-order valence-electron chi connectivity index (χ2n) is 5.46. The zero-order valence-corrected chi connectivity index (χ0v) is 12.7. The largest absolute Gasteiger partial charge is 0.497 e. The van der Waals surface area contributed by atoms with Crippen LogP contribution in [0.5, 0.6) is 5.75 Å². The third-order valence-corrected chi connectivity index (χ3v) is 3.61. The maximum absolute atomic E-state index is 10.6. The fraction of sp³-hybridized carbons (Fsp3) is 0.625. The molecule has 3 atom stereocenters. The summed E-state index contributed by atoms with van der Waals surface area (Å²) >= 11 is 0. The van der Waals surface area contributed by atoms with Crippen LogP contribution in [0.25, 0.3) is 0 Å². The van der Waals surface area contributed by atoms with E-state index in [0.717, 1.165) is 17.7 Å². The van der Waals surface area contributed by atoms with Gasteiger partial charge in [-0.05, 0) is 37.0 Å². The first-order chi connectivity index (χ1) is 8.99. The van der Waals surface area contributed by atoms with Crippen molar-refractivity contribution in [2.24, 2.45) is 5.92 Å². The summed E-state index contributed by atoms with van der Waals surface area (Å²) in [7, 11) is 1.65. The Hall–Kier alpha value is -1.06. The van der Waals surface area contributed by atoms with Gasteiger partial charge < -0.3 is 15.2 Å². The second kappa shape index (κ2) is 7.51. The summed E-state index contributed by atoms with van der Waals surface area (Å²) < 4.78 is 5.14. The van der Waals surface area contributed by atoms with Crippen LogP contribution in [0.4, 0.5) is 0 Å². The van der Waals surface area contributed by atoms with Gasteiger partial charge in [0.1, 0.15) is 5.75 Å². The molecular formula is C16H27NO2. The predicted molar refractivity (Wildman–Crippen MR) is 79.5 cm³/mol. The maximum atomic E-state index is 10.6. The van der Waals surface area contributed by atoms with Gasteiger partial charge in [-0.25, -0.2) is 0 Å². The Labute approximate surface area is 117 Å². The van der Waals surface area contributed by atoms with Crippen LogP contribution in [0.15, 0.2) is 24.3 Å². The van der Waals surface area contributed by atoms with Crippen LogP contribution < -0.4 is 10.1 Å². The van der Waals surface area contributed by atoms with Crippen molar-refractivity contribution in [1.29, 1.82) is 0 Å². The van der Waals surface area contributed by atoms with Crippen molar-refractivity contribution < 1.29 is 9.84 Å². The molecule has 0 aliphatic rings. The number of hydrogen-bond donors (Lipinski definition) is 2. The molecule has 3 unspecified atom stereocenters. The SMILES string of the molecule is CCC(C)NC(C(C)C)C(O)c1ccc(OC)cc1. The molecule has 2 N–H and O–H groups in total. The molecule has 0 aromatic heterocycles. The van der Waals surface area contributed by atoms with Gasteiger partial charge in [0.05, 0.1) is 13.2 Å². The first kappa shape index (κ1) is 16.0. The Bertz CT molecular complexity index is 362. The number of nitrogens with one attached hydrogen (secondary N) is 1. The first-order valence-corrected chi connectivity index (χ1v) is 7.07. The summed E-state index contributed by atoms with van der Waals surface area (Å²) in [6.07, 6.45) is 0.554. The fourth-order valence-electron chi connectivity index (χ4n) is 2.10. The number of rotatable bonds is 7. The normalized spacial score (nSPS) is 16.2. The molecule has 1 aromatic rings. The molecule has 0 heterocycles. The lowest BCUT2D eigenvalue weighted by Gasteiger charge is -2.30. The molecule has 3 heteroatoms. The number of aliphatic hydroxyl groups excluding tert-OH is 1. The summed E-state index contributed by atoms with van der Waals surface area (Å²) in [6.45, 7) is 8.56. The van der Waals surface area contributed by atoms with Crippen LogP contribution in [0.3, 0.4) is 0 Å². The van der Waals surface area contributed by atoms with Crippen molar-refractivity contribution in [3.05, 3.63) is 29.8 Å². The third kappa shape index (κ3) is 4.51. The number of aliphatic hydroxyl groups is 1. The maximum Gasteiger partial charge on any atom is 0.118 e. The van der Waals surface area contributed by atoms with Crippen molar-refractivity contribution in [2.75, 3.05) is 7.11 Å². The number of hydrogen-bond acceptors (Lipinski definition) is 3. The van der Waals surface area contributed by atoms with Crippen LogP contribution in [0.1, 0.15) is 45.8 Å². The van der Waals surface area contributed by atoms with Crippen molar-refractivity contribution in [1.82, 2.24) is 5.32 Å². The van der Waals surface area contributed by atoms with E-state index in [9.17, 15) is 5.11 Å². The van der Waals surface area contributed by atoms with Crippen LogP contribution in [-0.4, -0.2) is 24.3 Å². The van der Waals surface area contributed by atoms with Gasteiger partial charge in [-0.2, -0.15) is 0 Å². The molecule has 0 aliphatic carbocycles. The molecule has 0 aliphatic heterocycles. The molecule has 108 valence electrons. The molecule has 1 rings (SSSR count). The molecule has 0 spiro atoms. The molecule has 0 saturated heterocycles. The minimum Gasteiger partial charge on any atom is -0.497 e. The minimum absolute atomic E-state index is 0.0587. The molecule has 1 aromatic carbocycles. The molecular weight excluding hydrogens is 238 g/mol. The number of methoxy groups -OCH3 is 1. The van der Waals surface area contributed by atoms with Gasteiger partial charge in [0.15, 0.2) is 0 Å². The van der Waals surface area contributed by atoms with E-state index in [4.69, 9.17) is 4.74 Å². The van der Waals surface area contributed by atoms with E-state index in [1.807, 2.05) is 24.3 Å². The molecule has 0 amide bonds. The highest BCUT2D eigenvalue weighted by Crippen LogP contribution is 2.24. The average Bonchev–Trinajstić information content (AvgIpc) is 2.43. The van der Waals surface area contributed by atoms with Gasteiger partial charge in [0.25, 0.3) is 0 Å². The highest BCUT2D eigenvalue weighted by molar-refractivity contribution is 5.29.